The monoisotopic (exact) mass is 492 g/mol. The summed E-state index contributed by atoms with van der Waals surface area (Å²) in [6.45, 7) is 0.745. The molecule has 0 radical (unpaired) electrons. The van der Waals surface area contributed by atoms with Gasteiger partial charge in [-0.3, -0.25) is 0 Å². The van der Waals surface area contributed by atoms with Crippen LogP contribution in [-0.4, -0.2) is 64.2 Å². The molecule has 4 heterocycles. The van der Waals surface area contributed by atoms with Gasteiger partial charge >= 0.3 is 0 Å². The zero-order valence-corrected chi connectivity index (χ0v) is 18.8. The van der Waals surface area contributed by atoms with Gasteiger partial charge in [0.05, 0.1) is 29.4 Å². The molecule has 1 aromatic carbocycles. The quantitative estimate of drug-likeness (QED) is 0.464. The number of aliphatic hydroxyl groups excluding tert-OH is 1. The Hall–Kier alpha value is -2.63. The smallest absolute Gasteiger partial charge is 0.296 e. The fourth-order valence-corrected chi connectivity index (χ4v) is 4.50. The first-order valence-corrected chi connectivity index (χ1v) is 11.3. The first kappa shape index (κ1) is 23.1. The molecule has 0 saturated carbocycles. The molecule has 3 aromatic rings. The highest BCUT2D eigenvalue weighted by Crippen LogP contribution is 2.30. The molecule has 2 fully saturated rings. The second-order valence-corrected chi connectivity index (χ2v) is 8.66. The molecule has 2 aliphatic heterocycles. The minimum Gasteiger partial charge on any atom is -0.456 e. The van der Waals surface area contributed by atoms with Gasteiger partial charge in [0, 0.05) is 12.1 Å². The van der Waals surface area contributed by atoms with E-state index in [1.165, 1.54) is 12.1 Å². The summed E-state index contributed by atoms with van der Waals surface area (Å²) >= 11 is 6.37. The molecule has 8 nitrogen and oxygen atoms in total. The highest BCUT2D eigenvalue weighted by Gasteiger charge is 2.48. The summed E-state index contributed by atoms with van der Waals surface area (Å²) in [5.41, 5.74) is 7.13. The Morgan fingerprint density at radius 2 is 1.91 bits per heavy atom. The summed E-state index contributed by atoms with van der Waals surface area (Å²) < 4.78 is 46.0. The summed E-state index contributed by atoms with van der Waals surface area (Å²) in [5.74, 6) is -1.28. The SMILES string of the molecule is NC/C=C/c1cc(F)c(CCc2nc3nc(O[C@@H]4CO[C@H]5[C@@H]4OC[C@H]5O)[nH]c3cc2Cl)c(F)c1. The number of fused-ring (bicyclic) bond motifs is 2. The van der Waals surface area contributed by atoms with E-state index in [-0.39, 0.29) is 50.3 Å². The Morgan fingerprint density at radius 3 is 2.68 bits per heavy atom. The van der Waals surface area contributed by atoms with E-state index in [1.54, 1.807) is 18.2 Å². The first-order chi connectivity index (χ1) is 16.4. The molecule has 0 amide bonds. The third-order valence-electron chi connectivity index (χ3n) is 5.94. The normalized spacial score (nSPS) is 24.4. The van der Waals surface area contributed by atoms with Crippen molar-refractivity contribution >= 4 is 28.8 Å². The summed E-state index contributed by atoms with van der Waals surface area (Å²) in [5, 5.41) is 10.2. The molecule has 11 heteroatoms. The fraction of sp³-hybridized carbons (Fsp3) is 0.391. The average molecular weight is 493 g/mol. The van der Waals surface area contributed by atoms with Crippen molar-refractivity contribution in [2.75, 3.05) is 19.8 Å². The predicted molar refractivity (Wildman–Crippen MR) is 121 cm³/mol. The van der Waals surface area contributed by atoms with E-state index in [4.69, 9.17) is 31.5 Å². The third kappa shape index (κ3) is 4.51. The molecule has 2 saturated heterocycles. The van der Waals surface area contributed by atoms with Crippen molar-refractivity contribution in [3.63, 3.8) is 0 Å². The molecule has 0 bridgehead atoms. The van der Waals surface area contributed by atoms with Crippen LogP contribution in [0.25, 0.3) is 17.2 Å². The van der Waals surface area contributed by atoms with Gasteiger partial charge in [0.15, 0.2) is 11.8 Å². The van der Waals surface area contributed by atoms with Crippen LogP contribution >= 0.6 is 11.6 Å². The van der Waals surface area contributed by atoms with Crippen LogP contribution in [0.15, 0.2) is 24.3 Å². The molecule has 0 unspecified atom stereocenters. The average Bonchev–Trinajstić information content (AvgIpc) is 3.48. The van der Waals surface area contributed by atoms with Gasteiger partial charge in [0.25, 0.3) is 6.01 Å². The number of aromatic nitrogens is 3. The summed E-state index contributed by atoms with van der Waals surface area (Å²) in [4.78, 5) is 11.8. The number of halogens is 3. The molecule has 180 valence electrons. The summed E-state index contributed by atoms with van der Waals surface area (Å²) in [7, 11) is 0. The summed E-state index contributed by atoms with van der Waals surface area (Å²) in [6.07, 6.45) is 1.59. The minimum atomic E-state index is -0.675. The lowest BCUT2D eigenvalue weighted by atomic mass is 10.0. The number of aliphatic hydroxyl groups is 1. The number of pyridine rings is 1. The number of aromatic amines is 1. The van der Waals surface area contributed by atoms with Crippen LogP contribution < -0.4 is 10.5 Å². The highest BCUT2D eigenvalue weighted by molar-refractivity contribution is 6.31. The third-order valence-corrected chi connectivity index (χ3v) is 6.27. The molecule has 0 aliphatic carbocycles. The van der Waals surface area contributed by atoms with E-state index < -0.39 is 29.9 Å². The minimum absolute atomic E-state index is 0.0385. The van der Waals surface area contributed by atoms with Gasteiger partial charge in [-0.25, -0.2) is 13.8 Å². The lowest BCUT2D eigenvalue weighted by molar-refractivity contribution is 0.00706. The van der Waals surface area contributed by atoms with E-state index in [0.717, 1.165) is 0 Å². The first-order valence-electron chi connectivity index (χ1n) is 10.9. The Labute approximate surface area is 198 Å². The van der Waals surface area contributed by atoms with Gasteiger partial charge in [-0.1, -0.05) is 23.8 Å². The van der Waals surface area contributed by atoms with Crippen molar-refractivity contribution in [3.8, 4) is 6.01 Å². The van der Waals surface area contributed by atoms with Crippen molar-refractivity contribution in [2.24, 2.45) is 5.73 Å². The number of ether oxygens (including phenoxy) is 3. The zero-order valence-electron chi connectivity index (χ0n) is 18.0. The number of benzene rings is 1. The molecule has 2 aromatic heterocycles. The maximum atomic E-state index is 14.5. The van der Waals surface area contributed by atoms with Crippen molar-refractivity contribution < 1.29 is 28.1 Å². The summed E-state index contributed by atoms with van der Waals surface area (Å²) in [6, 6.07) is 4.40. The second-order valence-electron chi connectivity index (χ2n) is 8.25. The van der Waals surface area contributed by atoms with Gasteiger partial charge in [0.2, 0.25) is 0 Å². The second kappa shape index (κ2) is 9.55. The van der Waals surface area contributed by atoms with Crippen molar-refractivity contribution in [3.05, 3.63) is 57.8 Å². The number of aryl methyl sites for hydroxylation is 1. The van der Waals surface area contributed by atoms with Crippen molar-refractivity contribution in [1.82, 2.24) is 15.0 Å². The number of H-pyrrole nitrogens is 1. The molecule has 5 rings (SSSR count). The maximum Gasteiger partial charge on any atom is 0.296 e. The number of hydrogen-bond donors (Lipinski definition) is 3. The zero-order chi connectivity index (χ0) is 23.8. The van der Waals surface area contributed by atoms with Crippen LogP contribution in [0.3, 0.4) is 0 Å². The molecule has 34 heavy (non-hydrogen) atoms. The van der Waals surface area contributed by atoms with Crippen LogP contribution in [0.4, 0.5) is 8.78 Å². The number of nitrogens with one attached hydrogen (secondary N) is 1. The Kier molecular flexibility index (Phi) is 6.50. The number of rotatable bonds is 7. The van der Waals surface area contributed by atoms with E-state index in [2.05, 4.69) is 15.0 Å². The molecule has 4 N–H and O–H groups in total. The van der Waals surface area contributed by atoms with Gasteiger partial charge in [-0.15, -0.1) is 0 Å². The molecular weight excluding hydrogens is 470 g/mol. The molecule has 4 atom stereocenters. The van der Waals surface area contributed by atoms with Crippen LogP contribution in [0.2, 0.25) is 5.02 Å². The number of hydrogen-bond acceptors (Lipinski definition) is 7. The Bertz CT molecular complexity index is 1210. The van der Waals surface area contributed by atoms with Gasteiger partial charge < -0.3 is 30.0 Å². The topological polar surface area (TPSA) is 116 Å². The van der Waals surface area contributed by atoms with Gasteiger partial charge in [0.1, 0.15) is 29.9 Å². The van der Waals surface area contributed by atoms with Crippen molar-refractivity contribution in [2.45, 2.75) is 37.3 Å². The Morgan fingerprint density at radius 1 is 1.15 bits per heavy atom. The maximum absolute atomic E-state index is 14.5. The predicted octanol–water partition coefficient (Wildman–Crippen LogP) is 2.55. The van der Waals surface area contributed by atoms with Gasteiger partial charge in [-0.05, 0) is 36.6 Å². The lowest BCUT2D eigenvalue weighted by Gasteiger charge is -2.15. The number of nitrogens with zero attached hydrogens (tertiary/aromatic N) is 2. The van der Waals surface area contributed by atoms with E-state index in [0.29, 0.717) is 27.4 Å². The van der Waals surface area contributed by atoms with Crippen LogP contribution in [0.5, 0.6) is 6.01 Å². The standard InChI is InChI=1S/C23H23ClF2N4O4/c24-13-8-17-22(30-23(29-17)34-19-10-33-20-18(31)9-32-21(19)20)28-16(13)4-3-12-14(25)6-11(2-1-5-27)7-15(12)26/h1-2,6-8,18-21,31H,3-5,9-10,27H2,(H,28,29,30)/b2-1+/t18-,19-,20-,21-/m1/s1. The fourth-order valence-electron chi connectivity index (χ4n) is 4.26. The van der Waals surface area contributed by atoms with Crippen LogP contribution in [0.1, 0.15) is 16.8 Å². The van der Waals surface area contributed by atoms with Crippen LogP contribution in [0, 0.1) is 11.6 Å². The van der Waals surface area contributed by atoms with Gasteiger partial charge in [-0.2, -0.15) is 4.98 Å². The number of imidazole rings is 1. The van der Waals surface area contributed by atoms with E-state index in [9.17, 15) is 13.9 Å². The lowest BCUT2D eigenvalue weighted by Crippen LogP contribution is -2.34. The molecule has 2 aliphatic rings. The largest absolute Gasteiger partial charge is 0.456 e. The highest BCUT2D eigenvalue weighted by atomic mass is 35.5. The van der Waals surface area contributed by atoms with Crippen molar-refractivity contribution in [1.29, 1.82) is 0 Å². The molecule has 0 spiro atoms. The number of nitrogens with two attached hydrogens (primary N) is 1. The van der Waals surface area contributed by atoms with Crippen LogP contribution in [-0.2, 0) is 22.3 Å². The Balaban J connectivity index is 1.30. The van der Waals surface area contributed by atoms with E-state index in [1.807, 2.05) is 0 Å². The van der Waals surface area contributed by atoms with E-state index >= 15 is 0 Å². The molecular formula is C23H23ClF2N4O4.